The van der Waals surface area contributed by atoms with E-state index in [1.807, 2.05) is 0 Å². The van der Waals surface area contributed by atoms with E-state index in [2.05, 4.69) is 20.3 Å². The number of aliphatic carboxylic acids is 1. The number of carbonyl (C=O) groups is 2. The number of rotatable bonds is 5. The number of halogens is 2. The van der Waals surface area contributed by atoms with Crippen LogP contribution in [0.1, 0.15) is 12.0 Å². The van der Waals surface area contributed by atoms with Crippen molar-refractivity contribution in [2.45, 2.75) is 11.7 Å². The maximum atomic E-state index is 13.5. The SMILES string of the molecule is COc1c(F)cc(C=NN=C2NC(=O)C(CC(=O)O)S2)cc1F. The van der Waals surface area contributed by atoms with Gasteiger partial charge in [-0.1, -0.05) is 11.8 Å². The molecule has 1 amide bonds. The van der Waals surface area contributed by atoms with Crippen LogP contribution in [0.15, 0.2) is 22.3 Å². The number of ether oxygens (including phenoxy) is 1. The van der Waals surface area contributed by atoms with Gasteiger partial charge in [0.05, 0.1) is 19.7 Å². The van der Waals surface area contributed by atoms with Crippen LogP contribution in [0, 0.1) is 11.6 Å². The zero-order valence-electron chi connectivity index (χ0n) is 11.7. The molecule has 1 heterocycles. The standard InChI is InChI=1S/C13H11F2N3O4S/c1-22-11-7(14)2-6(3-8(11)15)5-16-18-13-17-12(21)9(23-13)4-10(19)20/h2-3,5,9H,4H2,1H3,(H,19,20)(H,17,18,21). The number of nitrogens with zero attached hydrogens (tertiary/aromatic N) is 2. The predicted molar refractivity (Wildman–Crippen MR) is 79.7 cm³/mol. The van der Waals surface area contributed by atoms with Gasteiger partial charge in [0.2, 0.25) is 5.91 Å². The first-order chi connectivity index (χ1) is 10.9. The van der Waals surface area contributed by atoms with Gasteiger partial charge < -0.3 is 15.2 Å². The van der Waals surface area contributed by atoms with Gasteiger partial charge in [0.1, 0.15) is 5.25 Å². The number of nitrogens with one attached hydrogen (secondary N) is 1. The molecule has 0 aliphatic carbocycles. The molecule has 0 spiro atoms. The minimum atomic E-state index is -1.11. The molecule has 1 atom stereocenters. The van der Waals surface area contributed by atoms with E-state index >= 15 is 0 Å². The molecule has 0 saturated carbocycles. The molecular weight excluding hydrogens is 332 g/mol. The summed E-state index contributed by atoms with van der Waals surface area (Å²) >= 11 is 0.921. The lowest BCUT2D eigenvalue weighted by atomic mass is 10.2. The van der Waals surface area contributed by atoms with Crippen molar-refractivity contribution in [3.05, 3.63) is 29.3 Å². The largest absolute Gasteiger partial charge is 0.491 e. The molecule has 0 bridgehead atoms. The Hall–Kier alpha value is -2.49. The summed E-state index contributed by atoms with van der Waals surface area (Å²) < 4.78 is 31.5. The number of amides is 1. The van der Waals surface area contributed by atoms with E-state index < -0.39 is 34.5 Å². The predicted octanol–water partition coefficient (Wildman–Crippen LogP) is 1.37. The normalized spacial score (nSPS) is 19.3. The average Bonchev–Trinajstić information content (AvgIpc) is 2.78. The van der Waals surface area contributed by atoms with Gasteiger partial charge in [-0.05, 0) is 12.1 Å². The molecular formula is C13H11F2N3O4S. The summed E-state index contributed by atoms with van der Waals surface area (Å²) in [7, 11) is 1.15. The molecule has 1 saturated heterocycles. The molecule has 2 rings (SSSR count). The number of carboxylic acids is 1. The van der Waals surface area contributed by atoms with Crippen molar-refractivity contribution in [1.29, 1.82) is 0 Å². The van der Waals surface area contributed by atoms with E-state index in [1.54, 1.807) is 0 Å². The topological polar surface area (TPSA) is 100 Å². The highest BCUT2D eigenvalue weighted by molar-refractivity contribution is 8.15. The number of methoxy groups -OCH3 is 1. The van der Waals surface area contributed by atoms with Crippen LogP contribution in [0.25, 0.3) is 0 Å². The van der Waals surface area contributed by atoms with Gasteiger partial charge in [-0.25, -0.2) is 8.78 Å². The average molecular weight is 343 g/mol. The Morgan fingerprint density at radius 1 is 1.48 bits per heavy atom. The van der Waals surface area contributed by atoms with Crippen molar-refractivity contribution in [2.24, 2.45) is 10.2 Å². The van der Waals surface area contributed by atoms with E-state index in [0.29, 0.717) is 0 Å². The van der Waals surface area contributed by atoms with E-state index in [1.165, 1.54) is 0 Å². The van der Waals surface area contributed by atoms with Gasteiger partial charge in [-0.2, -0.15) is 5.10 Å². The fourth-order valence-electron chi connectivity index (χ4n) is 1.74. The number of carbonyl (C=O) groups excluding carboxylic acids is 1. The summed E-state index contributed by atoms with van der Waals surface area (Å²) in [4.78, 5) is 22.1. The second-order valence-corrected chi connectivity index (χ2v) is 5.55. The molecule has 122 valence electrons. The fourth-order valence-corrected chi connectivity index (χ4v) is 2.66. The third kappa shape index (κ3) is 4.25. The molecule has 1 aliphatic rings. The summed E-state index contributed by atoms with van der Waals surface area (Å²) in [5, 5.41) is 17.6. The van der Waals surface area contributed by atoms with Crippen molar-refractivity contribution in [3.63, 3.8) is 0 Å². The smallest absolute Gasteiger partial charge is 0.305 e. The van der Waals surface area contributed by atoms with E-state index in [0.717, 1.165) is 37.2 Å². The summed E-state index contributed by atoms with van der Waals surface area (Å²) in [5.74, 6) is -3.85. The molecule has 1 unspecified atom stereocenters. The highest BCUT2D eigenvalue weighted by atomic mass is 32.2. The highest BCUT2D eigenvalue weighted by Crippen LogP contribution is 2.23. The maximum Gasteiger partial charge on any atom is 0.305 e. The van der Waals surface area contributed by atoms with Crippen LogP contribution in [0.2, 0.25) is 0 Å². The third-order valence-corrected chi connectivity index (χ3v) is 3.79. The molecule has 10 heteroatoms. The quantitative estimate of drug-likeness (QED) is 0.621. The van der Waals surface area contributed by atoms with Gasteiger partial charge in [0.15, 0.2) is 22.6 Å². The molecule has 0 aromatic heterocycles. The first-order valence-electron chi connectivity index (χ1n) is 6.24. The van der Waals surface area contributed by atoms with Crippen molar-refractivity contribution in [3.8, 4) is 5.75 Å². The Morgan fingerprint density at radius 2 is 2.13 bits per heavy atom. The molecule has 1 aromatic rings. The molecule has 1 aliphatic heterocycles. The summed E-state index contributed by atoms with van der Waals surface area (Å²) in [6.45, 7) is 0. The summed E-state index contributed by atoms with van der Waals surface area (Å²) in [5.41, 5.74) is 0.113. The van der Waals surface area contributed by atoms with Crippen molar-refractivity contribution < 1.29 is 28.2 Å². The number of thioether (sulfide) groups is 1. The zero-order chi connectivity index (χ0) is 17.0. The maximum absolute atomic E-state index is 13.5. The first kappa shape index (κ1) is 16.9. The molecule has 0 radical (unpaired) electrons. The minimum absolute atomic E-state index is 0.113. The Bertz CT molecular complexity index is 685. The Labute approximate surface area is 133 Å². The molecule has 1 fully saturated rings. The van der Waals surface area contributed by atoms with E-state index in [9.17, 15) is 18.4 Å². The van der Waals surface area contributed by atoms with Crippen molar-refractivity contribution in [2.75, 3.05) is 7.11 Å². The van der Waals surface area contributed by atoms with Gasteiger partial charge in [0.25, 0.3) is 0 Å². The summed E-state index contributed by atoms with van der Waals surface area (Å²) in [6.07, 6.45) is 0.754. The second kappa shape index (κ2) is 7.18. The lowest BCUT2D eigenvalue weighted by Gasteiger charge is -2.03. The molecule has 7 nitrogen and oxygen atoms in total. The van der Waals surface area contributed by atoms with Crippen LogP contribution in [0.3, 0.4) is 0 Å². The second-order valence-electron chi connectivity index (χ2n) is 4.36. The van der Waals surface area contributed by atoms with E-state index in [-0.39, 0.29) is 17.2 Å². The lowest BCUT2D eigenvalue weighted by molar-refractivity contribution is -0.138. The Kier molecular flexibility index (Phi) is 5.27. The van der Waals surface area contributed by atoms with Gasteiger partial charge >= 0.3 is 5.97 Å². The minimum Gasteiger partial charge on any atom is -0.491 e. The number of carboxylic acid groups (broad SMARTS) is 1. The van der Waals surface area contributed by atoms with Crippen molar-refractivity contribution >= 4 is 35.0 Å². The first-order valence-corrected chi connectivity index (χ1v) is 7.12. The van der Waals surface area contributed by atoms with Gasteiger partial charge in [-0.15, -0.1) is 5.10 Å². The van der Waals surface area contributed by atoms with E-state index in [4.69, 9.17) is 5.11 Å². The van der Waals surface area contributed by atoms with Crippen LogP contribution < -0.4 is 10.1 Å². The summed E-state index contributed by atoms with van der Waals surface area (Å²) in [6, 6.07) is 2.03. The third-order valence-electron chi connectivity index (χ3n) is 2.72. The molecule has 23 heavy (non-hydrogen) atoms. The number of benzene rings is 1. The highest BCUT2D eigenvalue weighted by Gasteiger charge is 2.32. The van der Waals surface area contributed by atoms with Gasteiger partial charge in [0, 0.05) is 5.56 Å². The fraction of sp³-hybridized carbons (Fsp3) is 0.231. The zero-order valence-corrected chi connectivity index (χ0v) is 12.6. The monoisotopic (exact) mass is 343 g/mol. The lowest BCUT2D eigenvalue weighted by Crippen LogP contribution is -2.26. The van der Waals surface area contributed by atoms with Crippen LogP contribution in [0.4, 0.5) is 8.78 Å². The van der Waals surface area contributed by atoms with Crippen molar-refractivity contribution in [1.82, 2.24) is 5.32 Å². The number of hydrogen-bond acceptors (Lipinski definition) is 6. The molecule has 2 N–H and O–H groups in total. The van der Waals surface area contributed by atoms with Crippen LogP contribution in [-0.4, -0.2) is 40.7 Å². The Balaban J connectivity index is 2.07. The van der Waals surface area contributed by atoms with Gasteiger partial charge in [-0.3, -0.25) is 9.59 Å². The number of hydrogen-bond donors (Lipinski definition) is 2. The van der Waals surface area contributed by atoms with Crippen LogP contribution in [-0.2, 0) is 9.59 Å². The van der Waals surface area contributed by atoms with Crippen LogP contribution in [0.5, 0.6) is 5.75 Å². The Morgan fingerprint density at radius 3 is 2.70 bits per heavy atom. The van der Waals surface area contributed by atoms with Crippen LogP contribution >= 0.6 is 11.8 Å². The molecule has 1 aromatic carbocycles. The number of amidine groups is 1.